The van der Waals surface area contributed by atoms with Crippen molar-refractivity contribution in [2.75, 3.05) is 47.5 Å². The summed E-state index contributed by atoms with van der Waals surface area (Å²) >= 11 is 0. The Morgan fingerprint density at radius 1 is 0.378 bits per heavy atom. The molecule has 2 aliphatic rings. The zero-order valence-corrected chi connectivity index (χ0v) is 24.8. The molecule has 2 aliphatic heterocycles. The number of hydrogen-bond donors (Lipinski definition) is 0. The van der Waals surface area contributed by atoms with Crippen molar-refractivity contribution in [1.29, 1.82) is 0 Å². The maximum atomic E-state index is 2.53. The molecule has 2 saturated heterocycles. The molecule has 0 spiro atoms. The zero-order valence-electron chi connectivity index (χ0n) is 24.8. The van der Waals surface area contributed by atoms with E-state index in [4.69, 9.17) is 0 Å². The lowest BCUT2D eigenvalue weighted by Crippen LogP contribution is -2.27. The van der Waals surface area contributed by atoms with Crippen LogP contribution < -0.4 is 14.7 Å². The predicted molar refractivity (Wildman–Crippen MR) is 163 cm³/mol. The van der Waals surface area contributed by atoms with Gasteiger partial charge in [-0.15, -0.1) is 0 Å². The second-order valence-electron chi connectivity index (χ2n) is 11.6. The first kappa shape index (κ1) is 27.1. The fraction of sp³-hybridized carbons (Fsp3) is 0.471. The van der Waals surface area contributed by atoms with Crippen LogP contribution in [-0.2, 0) is 0 Å². The standard InChI is InChI=1S/C21H28N2.C13H19N/c1-14-9-16(3)20(17(4)10-14)22-7-8-23(13-22)21-18(5)11-15(2)12-19(21)6;1-10-8-11(2)13(12(3)9-10)14-6-4-5-7-14/h9-12H,7-8,13H2,1-6H3;8-9H,4-7H2,1-3H3. The van der Waals surface area contributed by atoms with E-state index in [1.54, 1.807) is 0 Å². The molecule has 37 heavy (non-hydrogen) atoms. The monoisotopic (exact) mass is 497 g/mol. The van der Waals surface area contributed by atoms with E-state index in [9.17, 15) is 0 Å². The Hall–Kier alpha value is -2.94. The summed E-state index contributed by atoms with van der Waals surface area (Å²) in [5.41, 5.74) is 16.8. The summed E-state index contributed by atoms with van der Waals surface area (Å²) in [6.07, 6.45) is 2.71. The van der Waals surface area contributed by atoms with Crippen LogP contribution in [0.2, 0.25) is 0 Å². The molecule has 0 atom stereocenters. The van der Waals surface area contributed by atoms with Crippen LogP contribution in [0.3, 0.4) is 0 Å². The third kappa shape index (κ3) is 5.98. The Labute approximate surface area is 226 Å². The van der Waals surface area contributed by atoms with Crippen LogP contribution in [0.5, 0.6) is 0 Å². The Morgan fingerprint density at radius 2 is 0.649 bits per heavy atom. The molecule has 3 aromatic rings. The minimum absolute atomic E-state index is 0.982. The quantitative estimate of drug-likeness (QED) is 0.363. The molecule has 0 aromatic heterocycles. The molecule has 198 valence electrons. The molecule has 2 heterocycles. The van der Waals surface area contributed by atoms with Crippen molar-refractivity contribution in [2.24, 2.45) is 0 Å². The number of benzene rings is 3. The van der Waals surface area contributed by atoms with Gasteiger partial charge in [0, 0.05) is 43.2 Å². The molecule has 0 radical (unpaired) electrons. The van der Waals surface area contributed by atoms with Crippen LogP contribution >= 0.6 is 0 Å². The van der Waals surface area contributed by atoms with Crippen LogP contribution in [0.15, 0.2) is 36.4 Å². The van der Waals surface area contributed by atoms with Crippen molar-refractivity contribution in [2.45, 2.75) is 75.2 Å². The van der Waals surface area contributed by atoms with Crippen LogP contribution in [0.4, 0.5) is 17.1 Å². The molecule has 0 bridgehead atoms. The van der Waals surface area contributed by atoms with Crippen LogP contribution in [-0.4, -0.2) is 32.8 Å². The van der Waals surface area contributed by atoms with Crippen molar-refractivity contribution in [3.8, 4) is 0 Å². The van der Waals surface area contributed by atoms with E-state index in [-0.39, 0.29) is 0 Å². The molecule has 3 heteroatoms. The van der Waals surface area contributed by atoms with E-state index in [0.29, 0.717) is 0 Å². The first-order chi connectivity index (χ1) is 17.5. The lowest BCUT2D eigenvalue weighted by atomic mass is 10.0. The number of anilines is 3. The van der Waals surface area contributed by atoms with Gasteiger partial charge in [-0.3, -0.25) is 0 Å². The van der Waals surface area contributed by atoms with Crippen molar-refractivity contribution < 1.29 is 0 Å². The van der Waals surface area contributed by atoms with E-state index in [1.807, 2.05) is 0 Å². The fourth-order valence-electron chi connectivity index (χ4n) is 6.91. The highest BCUT2D eigenvalue weighted by molar-refractivity contribution is 5.66. The Morgan fingerprint density at radius 3 is 0.946 bits per heavy atom. The third-order valence-corrected chi connectivity index (χ3v) is 7.94. The van der Waals surface area contributed by atoms with Crippen LogP contribution in [0, 0.1) is 62.3 Å². The molecule has 3 nitrogen and oxygen atoms in total. The van der Waals surface area contributed by atoms with Gasteiger partial charge < -0.3 is 14.7 Å². The van der Waals surface area contributed by atoms with E-state index < -0.39 is 0 Å². The highest BCUT2D eigenvalue weighted by Gasteiger charge is 2.25. The second kappa shape index (κ2) is 11.2. The lowest BCUT2D eigenvalue weighted by Gasteiger charge is -2.26. The predicted octanol–water partition coefficient (Wildman–Crippen LogP) is 8.03. The molecular formula is C34H47N3. The Kier molecular flexibility index (Phi) is 8.21. The minimum atomic E-state index is 0.982. The molecular weight excluding hydrogens is 450 g/mol. The number of aryl methyl sites for hydroxylation is 9. The fourth-order valence-corrected chi connectivity index (χ4v) is 6.91. The topological polar surface area (TPSA) is 9.72 Å². The van der Waals surface area contributed by atoms with Gasteiger partial charge in [-0.1, -0.05) is 53.1 Å². The summed E-state index contributed by atoms with van der Waals surface area (Å²) in [6.45, 7) is 25.6. The van der Waals surface area contributed by atoms with Crippen molar-refractivity contribution in [1.82, 2.24) is 0 Å². The number of nitrogens with zero attached hydrogens (tertiary/aromatic N) is 3. The van der Waals surface area contributed by atoms with E-state index >= 15 is 0 Å². The largest absolute Gasteiger partial charge is 0.371 e. The van der Waals surface area contributed by atoms with E-state index in [2.05, 4.69) is 113 Å². The van der Waals surface area contributed by atoms with Gasteiger partial charge in [0.25, 0.3) is 0 Å². The first-order valence-electron chi connectivity index (χ1n) is 14.0. The van der Waals surface area contributed by atoms with E-state index in [1.165, 1.54) is 93.1 Å². The van der Waals surface area contributed by atoms with Gasteiger partial charge >= 0.3 is 0 Å². The zero-order chi connectivity index (χ0) is 26.9. The van der Waals surface area contributed by atoms with Gasteiger partial charge in [-0.25, -0.2) is 0 Å². The summed E-state index contributed by atoms with van der Waals surface area (Å²) in [7, 11) is 0. The number of rotatable bonds is 3. The smallest absolute Gasteiger partial charge is 0.0904 e. The summed E-state index contributed by atoms with van der Waals surface area (Å²) in [6, 6.07) is 13.8. The van der Waals surface area contributed by atoms with Crippen molar-refractivity contribution in [3.63, 3.8) is 0 Å². The van der Waals surface area contributed by atoms with Crippen LogP contribution in [0.1, 0.15) is 62.9 Å². The average molecular weight is 498 g/mol. The van der Waals surface area contributed by atoms with E-state index in [0.717, 1.165) is 19.8 Å². The van der Waals surface area contributed by atoms with Gasteiger partial charge in [0.2, 0.25) is 0 Å². The first-order valence-corrected chi connectivity index (χ1v) is 14.0. The highest BCUT2D eigenvalue weighted by atomic mass is 15.4. The lowest BCUT2D eigenvalue weighted by molar-refractivity contribution is 0.930. The van der Waals surface area contributed by atoms with Gasteiger partial charge in [0.15, 0.2) is 0 Å². The molecule has 3 aromatic carbocycles. The Balaban J connectivity index is 0.000000195. The summed E-state index contributed by atoms with van der Waals surface area (Å²) in [5.74, 6) is 0. The molecule has 5 rings (SSSR count). The maximum absolute atomic E-state index is 2.53. The summed E-state index contributed by atoms with van der Waals surface area (Å²) in [4.78, 5) is 7.59. The number of hydrogen-bond acceptors (Lipinski definition) is 3. The highest BCUT2D eigenvalue weighted by Crippen LogP contribution is 2.33. The normalized spacial score (nSPS) is 15.3. The van der Waals surface area contributed by atoms with Gasteiger partial charge in [-0.05, 0) is 109 Å². The molecule has 0 aliphatic carbocycles. The second-order valence-corrected chi connectivity index (χ2v) is 11.6. The average Bonchev–Trinajstić information content (AvgIpc) is 3.45. The minimum Gasteiger partial charge on any atom is -0.371 e. The van der Waals surface area contributed by atoms with Gasteiger partial charge in [0.1, 0.15) is 0 Å². The summed E-state index contributed by atoms with van der Waals surface area (Å²) < 4.78 is 0. The third-order valence-electron chi connectivity index (χ3n) is 7.94. The molecule has 2 fully saturated rings. The van der Waals surface area contributed by atoms with Gasteiger partial charge in [-0.2, -0.15) is 0 Å². The molecule has 0 unspecified atom stereocenters. The van der Waals surface area contributed by atoms with Crippen molar-refractivity contribution in [3.05, 3.63) is 86.5 Å². The summed E-state index contributed by atoms with van der Waals surface area (Å²) in [5, 5.41) is 0. The molecule has 0 saturated carbocycles. The molecule has 0 amide bonds. The molecule has 0 N–H and O–H groups in total. The maximum Gasteiger partial charge on any atom is 0.0904 e. The Bertz CT molecular complexity index is 1130. The van der Waals surface area contributed by atoms with Gasteiger partial charge in [0.05, 0.1) is 6.67 Å². The van der Waals surface area contributed by atoms with Crippen LogP contribution in [0.25, 0.3) is 0 Å². The van der Waals surface area contributed by atoms with Crippen molar-refractivity contribution >= 4 is 17.1 Å². The SMILES string of the molecule is Cc1cc(C)c(N2CCCC2)c(C)c1.Cc1cc(C)c(N2CCN(c3c(C)cc(C)cc3C)C2)c(C)c1.